The number of nitrogens with zero attached hydrogens (tertiary/aromatic N) is 3. The molecular weight excluding hydrogens is 420 g/mol. The topological polar surface area (TPSA) is 115 Å². The Morgan fingerprint density at radius 3 is 2.61 bits per heavy atom. The Balaban J connectivity index is 1.60. The van der Waals surface area contributed by atoms with Gasteiger partial charge in [-0.3, -0.25) is 9.36 Å². The molecule has 1 aliphatic rings. The van der Waals surface area contributed by atoms with E-state index in [-0.39, 0.29) is 28.9 Å². The fraction of sp³-hybridized carbons (Fsp3) is 0.381. The second-order valence-electron chi connectivity index (χ2n) is 8.11. The van der Waals surface area contributed by atoms with Crippen molar-refractivity contribution in [3.8, 4) is 0 Å². The van der Waals surface area contributed by atoms with Crippen LogP contribution in [0.1, 0.15) is 20.3 Å². The number of anilines is 1. The van der Waals surface area contributed by atoms with Crippen molar-refractivity contribution in [1.29, 1.82) is 0 Å². The average Bonchev–Trinajstić information content (AvgIpc) is 3.02. The number of rotatable bonds is 5. The molecule has 9 nitrogen and oxygen atoms in total. The highest BCUT2D eigenvalue weighted by Crippen LogP contribution is 2.28. The quantitative estimate of drug-likeness (QED) is 0.646. The van der Waals surface area contributed by atoms with Crippen LogP contribution in [0.3, 0.4) is 0 Å². The summed E-state index contributed by atoms with van der Waals surface area (Å²) in [6.07, 6.45) is 2.53. The van der Waals surface area contributed by atoms with E-state index in [1.807, 2.05) is 13.8 Å². The molecule has 4 rings (SSSR count). The zero-order valence-electron chi connectivity index (χ0n) is 17.3. The fourth-order valence-electron chi connectivity index (χ4n) is 4.07. The van der Waals surface area contributed by atoms with Gasteiger partial charge in [0, 0.05) is 25.4 Å². The molecule has 3 aromatic rings. The lowest BCUT2D eigenvalue weighted by Crippen LogP contribution is -2.42. The molecule has 0 bridgehead atoms. The van der Waals surface area contributed by atoms with Gasteiger partial charge in [0.15, 0.2) is 5.58 Å². The van der Waals surface area contributed by atoms with E-state index < -0.39 is 21.7 Å². The third-order valence-electron chi connectivity index (χ3n) is 5.35. The number of aromatic nitrogens is 2. The summed E-state index contributed by atoms with van der Waals surface area (Å²) in [6, 6.07) is 9.38. The average molecular weight is 445 g/mol. The largest absolute Gasteiger partial charge is 0.420 e. The first-order valence-electron chi connectivity index (χ1n) is 10.1. The molecule has 1 N–H and O–H groups in total. The van der Waals surface area contributed by atoms with Gasteiger partial charge < -0.3 is 9.73 Å². The molecule has 0 aliphatic carbocycles. The minimum atomic E-state index is -3.71. The molecule has 1 fully saturated rings. The molecule has 10 heteroatoms. The van der Waals surface area contributed by atoms with Crippen molar-refractivity contribution in [2.24, 2.45) is 11.8 Å². The van der Waals surface area contributed by atoms with Gasteiger partial charge in [0.05, 0.1) is 10.4 Å². The van der Waals surface area contributed by atoms with E-state index in [0.29, 0.717) is 24.4 Å². The first-order valence-corrected chi connectivity index (χ1v) is 11.5. The summed E-state index contributed by atoms with van der Waals surface area (Å²) in [5.74, 6) is -0.262. The number of pyridine rings is 1. The van der Waals surface area contributed by atoms with E-state index in [0.717, 1.165) is 11.0 Å². The van der Waals surface area contributed by atoms with Crippen LogP contribution in [0.15, 0.2) is 56.7 Å². The maximum atomic E-state index is 13.1. The van der Waals surface area contributed by atoms with Gasteiger partial charge in [0.1, 0.15) is 12.4 Å². The number of nitrogens with one attached hydrogen (secondary N) is 1. The number of benzene rings is 1. The molecule has 2 aromatic heterocycles. The summed E-state index contributed by atoms with van der Waals surface area (Å²) in [6.45, 7) is 4.72. The summed E-state index contributed by atoms with van der Waals surface area (Å²) in [5, 5.41) is 2.60. The van der Waals surface area contributed by atoms with Crippen LogP contribution in [-0.4, -0.2) is 41.3 Å². The van der Waals surface area contributed by atoms with Crippen LogP contribution < -0.4 is 11.1 Å². The number of carbonyl (C=O) groups is 1. The second-order valence-corrected chi connectivity index (χ2v) is 10.1. The van der Waals surface area contributed by atoms with Crippen LogP contribution in [0.2, 0.25) is 0 Å². The van der Waals surface area contributed by atoms with Crippen LogP contribution in [0, 0.1) is 11.8 Å². The monoisotopic (exact) mass is 444 g/mol. The SMILES string of the molecule is C[C@@H]1C[C@@H](C)CN(S(=O)(=O)c2ccc3c(c2)oc(=O)n3CC(=O)Nc2ccccn2)C1. The molecule has 0 unspecified atom stereocenters. The van der Waals surface area contributed by atoms with Gasteiger partial charge in [0.25, 0.3) is 0 Å². The first kappa shape index (κ1) is 21.3. The Morgan fingerprint density at radius 2 is 1.94 bits per heavy atom. The third kappa shape index (κ3) is 4.40. The first-order chi connectivity index (χ1) is 14.7. The lowest BCUT2D eigenvalue weighted by atomic mass is 9.94. The van der Waals surface area contributed by atoms with Gasteiger partial charge in [-0.25, -0.2) is 18.2 Å². The van der Waals surface area contributed by atoms with Crippen molar-refractivity contribution in [1.82, 2.24) is 13.9 Å². The molecule has 3 heterocycles. The zero-order chi connectivity index (χ0) is 22.2. The Kier molecular flexibility index (Phi) is 5.67. The number of sulfonamides is 1. The van der Waals surface area contributed by atoms with E-state index in [9.17, 15) is 18.0 Å². The Bertz CT molecular complexity index is 1260. The van der Waals surface area contributed by atoms with Crippen molar-refractivity contribution < 1.29 is 17.6 Å². The predicted molar refractivity (Wildman–Crippen MR) is 115 cm³/mol. The fourth-order valence-corrected chi connectivity index (χ4v) is 5.77. The van der Waals surface area contributed by atoms with Gasteiger partial charge in [-0.2, -0.15) is 4.31 Å². The minimum absolute atomic E-state index is 0.0696. The number of carbonyl (C=O) groups excluding carboxylic acids is 1. The van der Waals surface area contributed by atoms with Crippen molar-refractivity contribution in [3.05, 3.63) is 53.1 Å². The molecular formula is C21H24N4O5S. The summed E-state index contributed by atoms with van der Waals surface area (Å²) in [5.41, 5.74) is 0.468. The van der Waals surface area contributed by atoms with Gasteiger partial charge in [-0.1, -0.05) is 19.9 Å². The Morgan fingerprint density at radius 1 is 1.19 bits per heavy atom. The van der Waals surface area contributed by atoms with Crippen molar-refractivity contribution in [2.75, 3.05) is 18.4 Å². The lowest BCUT2D eigenvalue weighted by molar-refractivity contribution is -0.116. The van der Waals surface area contributed by atoms with Gasteiger partial charge in [0.2, 0.25) is 15.9 Å². The van der Waals surface area contributed by atoms with E-state index in [1.54, 1.807) is 24.4 Å². The lowest BCUT2D eigenvalue weighted by Gasteiger charge is -2.34. The van der Waals surface area contributed by atoms with Crippen LogP contribution in [0.5, 0.6) is 0 Å². The van der Waals surface area contributed by atoms with E-state index in [4.69, 9.17) is 4.42 Å². The third-order valence-corrected chi connectivity index (χ3v) is 7.17. The Hall–Kier alpha value is -2.98. The van der Waals surface area contributed by atoms with Gasteiger partial charge >= 0.3 is 5.76 Å². The zero-order valence-corrected chi connectivity index (χ0v) is 18.1. The normalized spacial score (nSPS) is 20.1. The highest BCUT2D eigenvalue weighted by molar-refractivity contribution is 7.89. The second kappa shape index (κ2) is 8.27. The highest BCUT2D eigenvalue weighted by atomic mass is 32.2. The molecule has 0 spiro atoms. The molecule has 0 radical (unpaired) electrons. The van der Waals surface area contributed by atoms with Crippen molar-refractivity contribution in [3.63, 3.8) is 0 Å². The summed E-state index contributed by atoms with van der Waals surface area (Å²) in [4.78, 5) is 28.7. The molecule has 1 aromatic carbocycles. The van der Waals surface area contributed by atoms with Crippen LogP contribution in [-0.2, 0) is 21.4 Å². The summed E-state index contributed by atoms with van der Waals surface area (Å²) < 4.78 is 34.1. The molecule has 31 heavy (non-hydrogen) atoms. The van der Waals surface area contributed by atoms with E-state index in [1.165, 1.54) is 22.5 Å². The maximum absolute atomic E-state index is 13.1. The highest BCUT2D eigenvalue weighted by Gasteiger charge is 2.32. The van der Waals surface area contributed by atoms with Crippen LogP contribution in [0.4, 0.5) is 5.82 Å². The molecule has 2 atom stereocenters. The van der Waals surface area contributed by atoms with Crippen LogP contribution in [0.25, 0.3) is 11.1 Å². The number of oxazole rings is 1. The van der Waals surface area contributed by atoms with Crippen molar-refractivity contribution >= 4 is 32.8 Å². The van der Waals surface area contributed by atoms with Crippen LogP contribution >= 0.6 is 0 Å². The Labute approximate surface area is 179 Å². The minimum Gasteiger partial charge on any atom is -0.408 e. The molecule has 0 saturated carbocycles. The van der Waals surface area contributed by atoms with E-state index in [2.05, 4.69) is 10.3 Å². The van der Waals surface area contributed by atoms with Crippen molar-refractivity contribution in [2.45, 2.75) is 31.7 Å². The standard InChI is InChI=1S/C21H24N4O5S/c1-14-9-15(2)12-24(11-14)31(28,29)16-6-7-17-18(10-16)30-21(27)25(17)13-20(26)23-19-5-3-4-8-22-19/h3-8,10,14-15H,9,11-13H2,1-2H3,(H,22,23,26)/t14-,15-/m1/s1. The molecule has 164 valence electrons. The number of hydrogen-bond donors (Lipinski definition) is 1. The number of amides is 1. The molecule has 1 aliphatic heterocycles. The number of fused-ring (bicyclic) bond motifs is 1. The summed E-state index contributed by atoms with van der Waals surface area (Å²) in [7, 11) is -3.71. The van der Waals surface area contributed by atoms with E-state index >= 15 is 0 Å². The smallest absolute Gasteiger partial charge is 0.408 e. The molecule has 1 amide bonds. The summed E-state index contributed by atoms with van der Waals surface area (Å²) >= 11 is 0. The predicted octanol–water partition coefficient (Wildman–Crippen LogP) is 2.29. The number of piperidine rings is 1. The molecule has 1 saturated heterocycles. The number of hydrogen-bond acceptors (Lipinski definition) is 6. The maximum Gasteiger partial charge on any atom is 0.420 e. The van der Waals surface area contributed by atoms with Gasteiger partial charge in [-0.05, 0) is 42.5 Å². The van der Waals surface area contributed by atoms with Gasteiger partial charge in [-0.15, -0.1) is 0 Å².